The van der Waals surface area contributed by atoms with Gasteiger partial charge >= 0.3 is 0 Å². The Labute approximate surface area is 99.7 Å². The summed E-state index contributed by atoms with van der Waals surface area (Å²) in [5.41, 5.74) is 2.08. The normalized spacial score (nSPS) is 10.6. The number of nitrogens with zero attached hydrogens (tertiary/aromatic N) is 2. The lowest BCUT2D eigenvalue weighted by Gasteiger charge is -2.03. The number of methoxy groups -OCH3 is 1. The van der Waals surface area contributed by atoms with E-state index in [0.717, 1.165) is 11.9 Å². The molecule has 4 nitrogen and oxygen atoms in total. The zero-order valence-corrected chi connectivity index (χ0v) is 9.72. The fourth-order valence-electron chi connectivity index (χ4n) is 1.73. The summed E-state index contributed by atoms with van der Waals surface area (Å²) in [4.78, 5) is 20.4. The van der Waals surface area contributed by atoms with Crippen molar-refractivity contribution in [1.82, 2.24) is 9.97 Å². The Balaban J connectivity index is 2.26. The molecule has 0 unspecified atom stereocenters. The zero-order valence-electron chi connectivity index (χ0n) is 9.72. The highest BCUT2D eigenvalue weighted by atomic mass is 16.5. The number of rotatable bonds is 5. The van der Waals surface area contributed by atoms with Crippen molar-refractivity contribution >= 4 is 16.8 Å². The van der Waals surface area contributed by atoms with Gasteiger partial charge in [-0.25, -0.2) is 0 Å². The van der Waals surface area contributed by atoms with Crippen molar-refractivity contribution in [2.24, 2.45) is 0 Å². The topological polar surface area (TPSA) is 52.1 Å². The number of aromatic nitrogens is 2. The summed E-state index contributed by atoms with van der Waals surface area (Å²) in [7, 11) is 1.63. The maximum atomic E-state index is 12.0. The van der Waals surface area contributed by atoms with Gasteiger partial charge in [0.15, 0.2) is 5.78 Å². The Kier molecular flexibility index (Phi) is 3.77. The molecule has 4 heteroatoms. The Morgan fingerprint density at radius 1 is 1.29 bits per heavy atom. The molecule has 0 aliphatic rings. The largest absolute Gasteiger partial charge is 0.385 e. The average Bonchev–Trinajstić information content (AvgIpc) is 2.38. The van der Waals surface area contributed by atoms with Crippen molar-refractivity contribution in [1.29, 1.82) is 0 Å². The minimum absolute atomic E-state index is 0.0909. The van der Waals surface area contributed by atoms with Gasteiger partial charge in [-0.3, -0.25) is 14.8 Å². The third kappa shape index (κ3) is 2.65. The molecule has 0 saturated carbocycles. The minimum atomic E-state index is 0.0909. The van der Waals surface area contributed by atoms with Crippen LogP contribution in [0.3, 0.4) is 0 Å². The number of hydrogen-bond acceptors (Lipinski definition) is 4. The summed E-state index contributed by atoms with van der Waals surface area (Å²) in [5.74, 6) is 0.0909. The van der Waals surface area contributed by atoms with Crippen LogP contribution in [0.25, 0.3) is 11.0 Å². The molecule has 88 valence electrons. The minimum Gasteiger partial charge on any atom is -0.385 e. The number of ether oxygens (including phenoxy) is 1. The Morgan fingerprint density at radius 2 is 2.12 bits per heavy atom. The SMILES string of the molecule is COCCCC(=O)c1cccc2nccnc12. The number of Topliss-reactive ketones (excluding diaryl/α,β-unsaturated/α-hetero) is 1. The van der Waals surface area contributed by atoms with Crippen molar-refractivity contribution in [3.8, 4) is 0 Å². The van der Waals surface area contributed by atoms with E-state index in [0.29, 0.717) is 24.1 Å². The number of carbonyl (C=O) groups excluding carboxylic acids is 1. The maximum Gasteiger partial charge on any atom is 0.165 e. The van der Waals surface area contributed by atoms with Crippen LogP contribution in [-0.2, 0) is 4.74 Å². The average molecular weight is 230 g/mol. The van der Waals surface area contributed by atoms with Gasteiger partial charge in [-0.1, -0.05) is 6.07 Å². The number of fused-ring (bicyclic) bond motifs is 1. The van der Waals surface area contributed by atoms with Crippen LogP contribution >= 0.6 is 0 Å². The number of hydrogen-bond donors (Lipinski definition) is 0. The van der Waals surface area contributed by atoms with Gasteiger partial charge in [0.2, 0.25) is 0 Å². The van der Waals surface area contributed by atoms with E-state index in [-0.39, 0.29) is 5.78 Å². The van der Waals surface area contributed by atoms with E-state index in [1.54, 1.807) is 25.6 Å². The predicted octanol–water partition coefficient (Wildman–Crippen LogP) is 2.24. The van der Waals surface area contributed by atoms with Gasteiger partial charge in [-0.15, -0.1) is 0 Å². The standard InChI is InChI=1S/C13H14N2O2/c1-17-9-3-6-12(16)10-4-2-5-11-13(10)15-8-7-14-11/h2,4-5,7-8H,3,6,9H2,1H3. The van der Waals surface area contributed by atoms with E-state index in [1.165, 1.54) is 0 Å². The lowest BCUT2D eigenvalue weighted by Crippen LogP contribution is -2.03. The van der Waals surface area contributed by atoms with Gasteiger partial charge < -0.3 is 4.74 Å². The Hall–Kier alpha value is -1.81. The highest BCUT2D eigenvalue weighted by molar-refractivity contribution is 6.05. The third-order valence-electron chi connectivity index (χ3n) is 2.55. The van der Waals surface area contributed by atoms with E-state index >= 15 is 0 Å². The lowest BCUT2D eigenvalue weighted by atomic mass is 10.0. The van der Waals surface area contributed by atoms with Gasteiger partial charge in [0.1, 0.15) is 0 Å². The van der Waals surface area contributed by atoms with Gasteiger partial charge in [-0.05, 0) is 18.6 Å². The number of para-hydroxylation sites is 1. The van der Waals surface area contributed by atoms with Crippen LogP contribution < -0.4 is 0 Å². The van der Waals surface area contributed by atoms with Crippen LogP contribution in [0.1, 0.15) is 23.2 Å². The number of benzene rings is 1. The van der Waals surface area contributed by atoms with Crippen LogP contribution in [0, 0.1) is 0 Å². The molecule has 1 heterocycles. The molecule has 2 aromatic rings. The van der Waals surface area contributed by atoms with Gasteiger partial charge in [0.05, 0.1) is 11.0 Å². The molecule has 0 amide bonds. The fraction of sp³-hybridized carbons (Fsp3) is 0.308. The first kappa shape index (κ1) is 11.7. The predicted molar refractivity (Wildman–Crippen MR) is 65.0 cm³/mol. The highest BCUT2D eigenvalue weighted by Crippen LogP contribution is 2.16. The number of ketones is 1. The Bertz CT molecular complexity index is 520. The smallest absolute Gasteiger partial charge is 0.165 e. The van der Waals surface area contributed by atoms with Crippen LogP contribution in [0.5, 0.6) is 0 Å². The first-order valence-electron chi connectivity index (χ1n) is 5.55. The molecule has 0 aliphatic heterocycles. The molecular formula is C13H14N2O2. The molecule has 0 aliphatic carbocycles. The molecule has 2 rings (SSSR count). The van der Waals surface area contributed by atoms with E-state index in [1.807, 2.05) is 12.1 Å². The fourth-order valence-corrected chi connectivity index (χ4v) is 1.73. The summed E-state index contributed by atoms with van der Waals surface area (Å²) < 4.78 is 4.94. The molecule has 0 atom stereocenters. The van der Waals surface area contributed by atoms with E-state index in [9.17, 15) is 4.79 Å². The molecule has 0 radical (unpaired) electrons. The van der Waals surface area contributed by atoms with Crippen molar-refractivity contribution in [3.63, 3.8) is 0 Å². The third-order valence-corrected chi connectivity index (χ3v) is 2.55. The quantitative estimate of drug-likeness (QED) is 0.584. The summed E-state index contributed by atoms with van der Waals surface area (Å²) in [5, 5.41) is 0. The van der Waals surface area contributed by atoms with E-state index in [4.69, 9.17) is 4.74 Å². The molecule has 0 bridgehead atoms. The van der Waals surface area contributed by atoms with Gasteiger partial charge in [-0.2, -0.15) is 0 Å². The van der Waals surface area contributed by atoms with Gasteiger partial charge in [0.25, 0.3) is 0 Å². The molecule has 0 N–H and O–H groups in total. The van der Waals surface area contributed by atoms with Gasteiger partial charge in [0, 0.05) is 38.1 Å². The molecule has 0 saturated heterocycles. The second-order valence-electron chi connectivity index (χ2n) is 3.75. The first-order valence-corrected chi connectivity index (χ1v) is 5.55. The monoisotopic (exact) mass is 230 g/mol. The summed E-state index contributed by atoms with van der Waals surface area (Å²) >= 11 is 0. The van der Waals surface area contributed by atoms with E-state index < -0.39 is 0 Å². The molecule has 0 spiro atoms. The lowest BCUT2D eigenvalue weighted by molar-refractivity contribution is 0.0965. The summed E-state index contributed by atoms with van der Waals surface area (Å²) in [6.07, 6.45) is 4.44. The Morgan fingerprint density at radius 3 is 2.94 bits per heavy atom. The maximum absolute atomic E-state index is 12.0. The van der Waals surface area contributed by atoms with Crippen molar-refractivity contribution < 1.29 is 9.53 Å². The van der Waals surface area contributed by atoms with Crippen LogP contribution in [-0.4, -0.2) is 29.5 Å². The van der Waals surface area contributed by atoms with Crippen molar-refractivity contribution in [2.45, 2.75) is 12.8 Å². The first-order chi connectivity index (χ1) is 8.33. The molecule has 1 aromatic carbocycles. The van der Waals surface area contributed by atoms with Crippen LogP contribution in [0.2, 0.25) is 0 Å². The molecule has 17 heavy (non-hydrogen) atoms. The molecular weight excluding hydrogens is 216 g/mol. The van der Waals surface area contributed by atoms with Crippen LogP contribution in [0.4, 0.5) is 0 Å². The summed E-state index contributed by atoms with van der Waals surface area (Å²) in [6.45, 7) is 0.599. The van der Waals surface area contributed by atoms with Crippen molar-refractivity contribution in [3.05, 3.63) is 36.2 Å². The summed E-state index contributed by atoms with van der Waals surface area (Å²) in [6, 6.07) is 5.49. The van der Waals surface area contributed by atoms with Crippen LogP contribution in [0.15, 0.2) is 30.6 Å². The molecule has 0 fully saturated rings. The highest BCUT2D eigenvalue weighted by Gasteiger charge is 2.10. The van der Waals surface area contributed by atoms with E-state index in [2.05, 4.69) is 9.97 Å². The zero-order chi connectivity index (χ0) is 12.1. The second kappa shape index (κ2) is 5.50. The number of carbonyl (C=O) groups is 1. The second-order valence-corrected chi connectivity index (χ2v) is 3.75. The molecule has 1 aromatic heterocycles. The van der Waals surface area contributed by atoms with Crippen molar-refractivity contribution in [2.75, 3.05) is 13.7 Å².